The Labute approximate surface area is 208 Å². The van der Waals surface area contributed by atoms with Gasteiger partial charge in [-0.1, -0.05) is 20.8 Å². The van der Waals surface area contributed by atoms with Crippen molar-refractivity contribution in [2.24, 2.45) is 16.3 Å². The van der Waals surface area contributed by atoms with Gasteiger partial charge in [-0.25, -0.2) is 9.98 Å². The number of H-pyrrole nitrogens is 1. The van der Waals surface area contributed by atoms with Crippen molar-refractivity contribution in [2.45, 2.75) is 53.2 Å². The molecule has 2 unspecified atom stereocenters. The number of benzene rings is 1. The third-order valence-corrected chi connectivity index (χ3v) is 5.44. The predicted octanol–water partition coefficient (Wildman–Crippen LogP) is 3.99. The van der Waals surface area contributed by atoms with Gasteiger partial charge in [-0.2, -0.15) is 5.10 Å². The zero-order valence-corrected chi connectivity index (χ0v) is 22.1. The van der Waals surface area contributed by atoms with E-state index in [1.165, 1.54) is 6.42 Å². The summed E-state index contributed by atoms with van der Waals surface area (Å²) in [6.07, 6.45) is 2.53. The number of nitrogens with one attached hydrogen (secondary N) is 3. The monoisotopic (exact) mass is 556 g/mol. The zero-order valence-electron chi connectivity index (χ0n) is 19.8. The van der Waals surface area contributed by atoms with Crippen molar-refractivity contribution >= 4 is 29.9 Å². The minimum Gasteiger partial charge on any atom is -0.497 e. The molecule has 0 amide bonds. The van der Waals surface area contributed by atoms with Crippen LogP contribution in [0.3, 0.4) is 0 Å². The van der Waals surface area contributed by atoms with Gasteiger partial charge in [0, 0.05) is 31.2 Å². The summed E-state index contributed by atoms with van der Waals surface area (Å²) >= 11 is 0. The minimum absolute atomic E-state index is 0. The van der Waals surface area contributed by atoms with Crippen LogP contribution >= 0.6 is 24.0 Å². The van der Waals surface area contributed by atoms with E-state index >= 15 is 0 Å². The lowest BCUT2D eigenvalue weighted by Crippen LogP contribution is -2.47. The average Bonchev–Trinajstić information content (AvgIpc) is 3.24. The lowest BCUT2D eigenvalue weighted by Gasteiger charge is -2.40. The zero-order chi connectivity index (χ0) is 22.3. The number of methoxy groups -OCH3 is 1. The number of aromatic nitrogens is 3. The van der Waals surface area contributed by atoms with Crippen molar-refractivity contribution in [1.29, 1.82) is 0 Å². The van der Waals surface area contributed by atoms with E-state index < -0.39 is 0 Å². The first-order valence-corrected chi connectivity index (χ1v) is 11.1. The molecule has 0 aliphatic carbocycles. The molecule has 1 aromatic heterocycles. The Morgan fingerprint density at radius 3 is 2.66 bits per heavy atom. The molecule has 1 fully saturated rings. The number of hydrogen-bond acceptors (Lipinski definition) is 5. The maximum atomic E-state index is 6.10. The van der Waals surface area contributed by atoms with Crippen molar-refractivity contribution < 1.29 is 9.47 Å². The highest BCUT2D eigenvalue weighted by Gasteiger charge is 2.35. The number of aliphatic imine (C=N–C) groups is 1. The molecule has 2 aromatic rings. The van der Waals surface area contributed by atoms with E-state index in [0.717, 1.165) is 49.2 Å². The molecule has 2 heterocycles. The predicted molar refractivity (Wildman–Crippen MR) is 139 cm³/mol. The molecule has 1 saturated heterocycles. The Morgan fingerprint density at radius 1 is 1.25 bits per heavy atom. The molecule has 2 atom stereocenters. The summed E-state index contributed by atoms with van der Waals surface area (Å²) < 4.78 is 11.3. The maximum absolute atomic E-state index is 6.10. The third-order valence-electron chi connectivity index (χ3n) is 5.44. The van der Waals surface area contributed by atoms with Gasteiger partial charge >= 0.3 is 0 Å². The number of aromatic amines is 1. The highest BCUT2D eigenvalue weighted by atomic mass is 127. The van der Waals surface area contributed by atoms with Gasteiger partial charge in [0.25, 0.3) is 0 Å². The van der Waals surface area contributed by atoms with Gasteiger partial charge < -0.3 is 20.1 Å². The number of nitrogens with zero attached hydrogens (tertiary/aromatic N) is 3. The first-order valence-electron chi connectivity index (χ1n) is 11.1. The molecule has 32 heavy (non-hydrogen) atoms. The van der Waals surface area contributed by atoms with Crippen molar-refractivity contribution in [3.8, 4) is 17.1 Å². The molecule has 178 valence electrons. The van der Waals surface area contributed by atoms with Crippen LogP contribution in [0.1, 0.15) is 46.4 Å². The lowest BCUT2D eigenvalue weighted by molar-refractivity contribution is -0.0835. The Morgan fingerprint density at radius 2 is 2.00 bits per heavy atom. The summed E-state index contributed by atoms with van der Waals surface area (Å²) in [6, 6.07) is 7.68. The Balaban J connectivity index is 0.00000363. The van der Waals surface area contributed by atoms with Gasteiger partial charge in [0.2, 0.25) is 0 Å². The van der Waals surface area contributed by atoms with Crippen LogP contribution in [0.15, 0.2) is 29.3 Å². The van der Waals surface area contributed by atoms with Crippen molar-refractivity contribution in [1.82, 2.24) is 25.8 Å². The summed E-state index contributed by atoms with van der Waals surface area (Å²) in [5.41, 5.74) is 1.06. The number of ether oxygens (including phenoxy) is 2. The minimum atomic E-state index is 0. The van der Waals surface area contributed by atoms with Crippen LogP contribution in [0.2, 0.25) is 0 Å². The van der Waals surface area contributed by atoms with E-state index in [-0.39, 0.29) is 35.5 Å². The summed E-state index contributed by atoms with van der Waals surface area (Å²) in [7, 11) is 1.65. The molecule has 1 aliphatic rings. The summed E-state index contributed by atoms with van der Waals surface area (Å²) in [5.74, 6) is 3.42. The highest BCUT2D eigenvalue weighted by Crippen LogP contribution is 2.33. The second-order valence-corrected chi connectivity index (χ2v) is 8.97. The van der Waals surface area contributed by atoms with Crippen LogP contribution in [0, 0.1) is 11.3 Å². The molecule has 0 radical (unpaired) electrons. The van der Waals surface area contributed by atoms with Crippen LogP contribution in [0.25, 0.3) is 11.4 Å². The number of guanidine groups is 1. The molecule has 0 spiro atoms. The first kappa shape index (κ1) is 26.4. The fourth-order valence-corrected chi connectivity index (χ4v) is 3.97. The largest absolute Gasteiger partial charge is 0.497 e. The van der Waals surface area contributed by atoms with Crippen molar-refractivity contribution in [2.75, 3.05) is 26.8 Å². The molecule has 0 saturated carbocycles. The van der Waals surface area contributed by atoms with Crippen LogP contribution in [0.4, 0.5) is 0 Å². The van der Waals surface area contributed by atoms with Gasteiger partial charge in [0.15, 0.2) is 11.8 Å². The topological polar surface area (TPSA) is 96.5 Å². The molecule has 9 heteroatoms. The maximum Gasteiger partial charge on any atom is 0.191 e. The molecule has 8 nitrogen and oxygen atoms in total. The van der Waals surface area contributed by atoms with E-state index in [9.17, 15) is 0 Å². The van der Waals surface area contributed by atoms with Crippen LogP contribution in [0.5, 0.6) is 5.75 Å². The molecule has 1 aromatic carbocycles. The average molecular weight is 556 g/mol. The number of hydrogen-bond donors (Lipinski definition) is 3. The van der Waals surface area contributed by atoms with Crippen LogP contribution in [-0.4, -0.2) is 54.1 Å². The smallest absolute Gasteiger partial charge is 0.191 e. The normalized spacial score (nSPS) is 19.2. The van der Waals surface area contributed by atoms with Gasteiger partial charge in [0.05, 0.1) is 13.2 Å². The molecule has 3 rings (SSSR count). The van der Waals surface area contributed by atoms with E-state index in [1.807, 2.05) is 24.3 Å². The molecule has 0 bridgehead atoms. The van der Waals surface area contributed by atoms with E-state index in [4.69, 9.17) is 9.47 Å². The van der Waals surface area contributed by atoms with Gasteiger partial charge in [0.1, 0.15) is 18.1 Å². The quantitative estimate of drug-likeness (QED) is 0.271. The Hall–Kier alpha value is -1.88. The SMILES string of the molecule is CCNC(=NCc1nc(-c2ccc(OC)cc2)n[nH]1)NCC1CCCOC1C(C)(C)C.I. The summed E-state index contributed by atoms with van der Waals surface area (Å²) in [5, 5.41) is 14.1. The number of halogens is 1. The Bertz CT molecular complexity index is 847. The van der Waals surface area contributed by atoms with Crippen molar-refractivity contribution in [3.05, 3.63) is 30.1 Å². The van der Waals surface area contributed by atoms with E-state index in [0.29, 0.717) is 18.3 Å². The molecule has 1 aliphatic heterocycles. The van der Waals surface area contributed by atoms with Crippen LogP contribution < -0.4 is 15.4 Å². The highest BCUT2D eigenvalue weighted by molar-refractivity contribution is 14.0. The van der Waals surface area contributed by atoms with E-state index in [2.05, 4.69) is 58.5 Å². The molecular weight excluding hydrogens is 519 g/mol. The van der Waals surface area contributed by atoms with Gasteiger partial charge in [-0.05, 0) is 49.4 Å². The van der Waals surface area contributed by atoms with Gasteiger partial charge in [-0.3, -0.25) is 5.10 Å². The second-order valence-electron chi connectivity index (χ2n) is 8.97. The van der Waals surface area contributed by atoms with Crippen molar-refractivity contribution in [3.63, 3.8) is 0 Å². The summed E-state index contributed by atoms with van der Waals surface area (Å²) in [6.45, 7) is 11.7. The fourth-order valence-electron chi connectivity index (χ4n) is 3.97. The number of rotatable bonds is 7. The lowest BCUT2D eigenvalue weighted by atomic mass is 9.78. The van der Waals surface area contributed by atoms with E-state index in [1.54, 1.807) is 7.11 Å². The molecule has 3 N–H and O–H groups in total. The van der Waals surface area contributed by atoms with Crippen LogP contribution in [-0.2, 0) is 11.3 Å². The second kappa shape index (κ2) is 12.4. The fraction of sp³-hybridized carbons (Fsp3) is 0.609. The summed E-state index contributed by atoms with van der Waals surface area (Å²) in [4.78, 5) is 9.26. The Kier molecular flexibility index (Phi) is 10.2. The first-order chi connectivity index (χ1) is 14.9. The van der Waals surface area contributed by atoms with Gasteiger partial charge in [-0.15, -0.1) is 24.0 Å². The standard InChI is InChI=1S/C23H36N6O2.HI/c1-6-24-22(25-14-17-8-7-13-31-20(17)23(2,3)4)26-15-19-27-21(29-28-19)16-9-11-18(30-5)12-10-16;/h9-12,17,20H,6-8,13-15H2,1-5H3,(H2,24,25,26)(H,27,28,29);1H. The third kappa shape index (κ3) is 7.33. The molecular formula is C23H37IN6O2.